The van der Waals surface area contributed by atoms with Gasteiger partial charge in [0.15, 0.2) is 0 Å². The van der Waals surface area contributed by atoms with Crippen LogP contribution >= 0.6 is 12.4 Å². The summed E-state index contributed by atoms with van der Waals surface area (Å²) in [4.78, 5) is 26.9. The summed E-state index contributed by atoms with van der Waals surface area (Å²) in [5, 5.41) is 6.28. The molecule has 2 N–H and O–H groups in total. The SMILES string of the molecule is COCc1cccc(C(=O)N2CCCC(CNC(=O)C3CCCN3)C2)c1.Cl. The van der Waals surface area contributed by atoms with Gasteiger partial charge in [-0.3, -0.25) is 9.59 Å². The number of hydrogen-bond donors (Lipinski definition) is 2. The van der Waals surface area contributed by atoms with Crippen LogP contribution in [0.1, 0.15) is 41.6 Å². The van der Waals surface area contributed by atoms with Gasteiger partial charge in [-0.15, -0.1) is 12.4 Å². The molecule has 2 unspecified atom stereocenters. The summed E-state index contributed by atoms with van der Waals surface area (Å²) in [5.41, 5.74) is 1.71. The average Bonchev–Trinajstić information content (AvgIpc) is 3.21. The number of halogens is 1. The summed E-state index contributed by atoms with van der Waals surface area (Å²) in [5.74, 6) is 0.481. The maximum atomic E-state index is 12.8. The third-order valence-corrected chi connectivity index (χ3v) is 5.23. The van der Waals surface area contributed by atoms with E-state index in [2.05, 4.69) is 10.6 Å². The fourth-order valence-electron chi connectivity index (χ4n) is 3.84. The number of hydrogen-bond acceptors (Lipinski definition) is 4. The van der Waals surface area contributed by atoms with E-state index in [1.807, 2.05) is 29.2 Å². The van der Waals surface area contributed by atoms with Crippen molar-refractivity contribution in [3.05, 3.63) is 35.4 Å². The molecule has 6 nitrogen and oxygen atoms in total. The van der Waals surface area contributed by atoms with Gasteiger partial charge in [0, 0.05) is 32.3 Å². The summed E-state index contributed by atoms with van der Waals surface area (Å²) >= 11 is 0. The Morgan fingerprint density at radius 1 is 1.30 bits per heavy atom. The fraction of sp³-hybridized carbons (Fsp3) is 0.600. The maximum Gasteiger partial charge on any atom is 0.253 e. The molecule has 0 aromatic heterocycles. The summed E-state index contributed by atoms with van der Waals surface area (Å²) in [6.07, 6.45) is 4.00. The molecule has 2 saturated heterocycles. The lowest BCUT2D eigenvalue weighted by molar-refractivity contribution is -0.123. The van der Waals surface area contributed by atoms with Crippen molar-refractivity contribution in [2.24, 2.45) is 5.92 Å². The molecular weight excluding hydrogens is 366 g/mol. The van der Waals surface area contributed by atoms with E-state index in [9.17, 15) is 9.59 Å². The monoisotopic (exact) mass is 395 g/mol. The second-order valence-corrected chi connectivity index (χ2v) is 7.29. The van der Waals surface area contributed by atoms with Crippen LogP contribution in [0.15, 0.2) is 24.3 Å². The van der Waals surface area contributed by atoms with Gasteiger partial charge in [0.2, 0.25) is 5.91 Å². The third-order valence-electron chi connectivity index (χ3n) is 5.23. The molecule has 7 heteroatoms. The van der Waals surface area contributed by atoms with Crippen LogP contribution in [-0.2, 0) is 16.1 Å². The molecule has 0 saturated carbocycles. The molecule has 2 fully saturated rings. The molecule has 0 aliphatic carbocycles. The van der Waals surface area contributed by atoms with Crippen molar-refractivity contribution in [2.45, 2.75) is 38.3 Å². The number of nitrogens with zero attached hydrogens (tertiary/aromatic N) is 1. The Balaban J connectivity index is 0.00000261. The summed E-state index contributed by atoms with van der Waals surface area (Å²) in [7, 11) is 1.65. The zero-order valence-corrected chi connectivity index (χ0v) is 16.7. The highest BCUT2D eigenvalue weighted by Crippen LogP contribution is 2.19. The van der Waals surface area contributed by atoms with E-state index in [1.165, 1.54) is 0 Å². The zero-order chi connectivity index (χ0) is 18.4. The van der Waals surface area contributed by atoms with Gasteiger partial charge in [-0.05, 0) is 55.8 Å². The van der Waals surface area contributed by atoms with Crippen LogP contribution in [0.25, 0.3) is 0 Å². The van der Waals surface area contributed by atoms with Gasteiger partial charge in [0.25, 0.3) is 5.91 Å². The highest BCUT2D eigenvalue weighted by Gasteiger charge is 2.27. The molecule has 1 aromatic rings. The van der Waals surface area contributed by atoms with E-state index in [0.717, 1.165) is 44.3 Å². The molecule has 2 atom stereocenters. The van der Waals surface area contributed by atoms with Crippen molar-refractivity contribution in [2.75, 3.05) is 33.3 Å². The molecule has 3 rings (SSSR count). The summed E-state index contributed by atoms with van der Waals surface area (Å²) < 4.78 is 5.15. The second kappa shape index (κ2) is 10.6. The number of nitrogens with one attached hydrogen (secondary N) is 2. The Labute approximate surface area is 167 Å². The third kappa shape index (κ3) is 5.92. The van der Waals surface area contributed by atoms with Crippen LogP contribution in [-0.4, -0.2) is 56.0 Å². The Morgan fingerprint density at radius 2 is 2.15 bits per heavy atom. The van der Waals surface area contributed by atoms with Gasteiger partial charge in [-0.2, -0.15) is 0 Å². The first-order chi connectivity index (χ1) is 12.7. The maximum absolute atomic E-state index is 12.8. The van der Waals surface area contributed by atoms with Crippen molar-refractivity contribution in [1.82, 2.24) is 15.5 Å². The van der Waals surface area contributed by atoms with Crippen molar-refractivity contribution < 1.29 is 14.3 Å². The fourth-order valence-corrected chi connectivity index (χ4v) is 3.84. The quantitative estimate of drug-likeness (QED) is 0.772. The van der Waals surface area contributed by atoms with E-state index in [0.29, 0.717) is 31.2 Å². The van der Waals surface area contributed by atoms with E-state index < -0.39 is 0 Å². The molecule has 2 aliphatic heterocycles. The number of benzene rings is 1. The Bertz CT molecular complexity index is 635. The number of carbonyl (C=O) groups is 2. The minimum atomic E-state index is -0.0418. The van der Waals surface area contributed by atoms with Crippen molar-refractivity contribution in [1.29, 1.82) is 0 Å². The minimum absolute atomic E-state index is 0. The van der Waals surface area contributed by atoms with Gasteiger partial charge < -0.3 is 20.3 Å². The number of methoxy groups -OCH3 is 1. The van der Waals surface area contributed by atoms with E-state index in [1.54, 1.807) is 7.11 Å². The Kier molecular flexibility index (Phi) is 8.54. The van der Waals surface area contributed by atoms with Crippen LogP contribution in [0.3, 0.4) is 0 Å². The first kappa shape index (κ1) is 21.7. The lowest BCUT2D eigenvalue weighted by atomic mass is 9.97. The van der Waals surface area contributed by atoms with Crippen LogP contribution in [0.5, 0.6) is 0 Å². The molecule has 2 heterocycles. The van der Waals surface area contributed by atoms with Gasteiger partial charge in [-0.25, -0.2) is 0 Å². The zero-order valence-electron chi connectivity index (χ0n) is 15.9. The van der Waals surface area contributed by atoms with Crippen molar-refractivity contribution >= 4 is 24.2 Å². The van der Waals surface area contributed by atoms with Crippen molar-refractivity contribution in [3.8, 4) is 0 Å². The number of carbonyl (C=O) groups excluding carboxylic acids is 2. The molecule has 150 valence electrons. The molecule has 1 aromatic carbocycles. The van der Waals surface area contributed by atoms with Crippen LogP contribution in [0.2, 0.25) is 0 Å². The molecule has 0 bridgehead atoms. The first-order valence-electron chi connectivity index (χ1n) is 9.55. The molecule has 2 amide bonds. The lowest BCUT2D eigenvalue weighted by Crippen LogP contribution is -2.46. The summed E-state index contributed by atoms with van der Waals surface area (Å²) in [6, 6.07) is 7.59. The normalized spacial score (nSPS) is 22.2. The molecule has 2 aliphatic rings. The van der Waals surface area contributed by atoms with Crippen LogP contribution in [0.4, 0.5) is 0 Å². The Hall–Kier alpha value is -1.63. The minimum Gasteiger partial charge on any atom is -0.380 e. The number of rotatable bonds is 6. The highest BCUT2D eigenvalue weighted by atomic mass is 35.5. The first-order valence-corrected chi connectivity index (χ1v) is 9.55. The highest BCUT2D eigenvalue weighted by molar-refractivity contribution is 5.94. The number of likely N-dealkylation sites (tertiary alicyclic amines) is 1. The average molecular weight is 396 g/mol. The van der Waals surface area contributed by atoms with Gasteiger partial charge in [0.05, 0.1) is 12.6 Å². The topological polar surface area (TPSA) is 70.7 Å². The summed E-state index contributed by atoms with van der Waals surface area (Å²) in [6.45, 7) is 3.55. The molecule has 27 heavy (non-hydrogen) atoms. The van der Waals surface area contributed by atoms with Gasteiger partial charge in [0.1, 0.15) is 0 Å². The second-order valence-electron chi connectivity index (χ2n) is 7.29. The molecule has 0 radical (unpaired) electrons. The predicted octanol–water partition coefficient (Wildman–Crippen LogP) is 1.98. The van der Waals surface area contributed by atoms with Crippen LogP contribution < -0.4 is 10.6 Å². The standard InChI is InChI=1S/C20H29N3O3.ClH/c1-26-14-15-5-2-7-17(11-15)20(25)23-10-4-6-16(13-23)12-22-19(24)18-8-3-9-21-18;/h2,5,7,11,16,18,21H,3-4,6,8-10,12-14H2,1H3,(H,22,24);1H. The molecule has 0 spiro atoms. The molecular formula is C20H30ClN3O3. The lowest BCUT2D eigenvalue weighted by Gasteiger charge is -2.33. The Morgan fingerprint density at radius 3 is 2.89 bits per heavy atom. The number of ether oxygens (including phenoxy) is 1. The number of piperidine rings is 1. The van der Waals surface area contributed by atoms with Gasteiger partial charge in [-0.1, -0.05) is 12.1 Å². The van der Waals surface area contributed by atoms with Crippen molar-refractivity contribution in [3.63, 3.8) is 0 Å². The smallest absolute Gasteiger partial charge is 0.253 e. The van der Waals surface area contributed by atoms with Crippen LogP contribution in [0, 0.1) is 5.92 Å². The number of amides is 2. The largest absolute Gasteiger partial charge is 0.380 e. The predicted molar refractivity (Wildman–Crippen MR) is 107 cm³/mol. The van der Waals surface area contributed by atoms with Gasteiger partial charge >= 0.3 is 0 Å². The van der Waals surface area contributed by atoms with E-state index in [-0.39, 0.29) is 30.3 Å². The van der Waals surface area contributed by atoms with E-state index in [4.69, 9.17) is 4.74 Å². The van der Waals surface area contributed by atoms with E-state index >= 15 is 0 Å².